The summed E-state index contributed by atoms with van der Waals surface area (Å²) >= 11 is 0. The average Bonchev–Trinajstić information content (AvgIpc) is 1.67. The Kier molecular flexibility index (Phi) is 2.28. The quantitative estimate of drug-likeness (QED) is 0.112. The zero-order valence-electron chi connectivity index (χ0n) is 3.96. The van der Waals surface area contributed by atoms with Crippen LogP contribution in [0.25, 0.3) is 0 Å². The summed E-state index contributed by atoms with van der Waals surface area (Å²) in [5.41, 5.74) is 6.42. The lowest BCUT2D eigenvalue weighted by atomic mass is 11.1. The van der Waals surface area contributed by atoms with Crippen LogP contribution >= 0.6 is 0 Å². The standard InChI is InChI=1S/CH6N6O/c2-1(3)7(4)5-6-8/h4H2,(H3,2,3)(H,5,8). The summed E-state index contributed by atoms with van der Waals surface area (Å²) < 4.78 is 0. The molecule has 7 nitrogen and oxygen atoms in total. The van der Waals surface area contributed by atoms with Crippen molar-refractivity contribution in [3.63, 3.8) is 0 Å². The van der Waals surface area contributed by atoms with E-state index in [9.17, 15) is 4.91 Å². The molecule has 0 unspecified atom stereocenters. The van der Waals surface area contributed by atoms with Crippen molar-refractivity contribution in [1.82, 2.24) is 10.7 Å². The first kappa shape index (κ1) is 6.63. The highest BCUT2D eigenvalue weighted by Gasteiger charge is 1.93. The van der Waals surface area contributed by atoms with E-state index in [1.54, 1.807) is 5.53 Å². The van der Waals surface area contributed by atoms with Gasteiger partial charge in [-0.1, -0.05) is 0 Å². The van der Waals surface area contributed by atoms with E-state index >= 15 is 0 Å². The number of nitroso groups, excluding NO2 is 1. The maximum absolute atomic E-state index is 9.28. The number of nitrogens with two attached hydrogens (primary N) is 2. The van der Waals surface area contributed by atoms with E-state index in [0.717, 1.165) is 0 Å². The van der Waals surface area contributed by atoms with E-state index in [0.29, 0.717) is 5.12 Å². The molecule has 0 aromatic rings. The number of nitrogens with one attached hydrogen (secondary N) is 2. The third-order valence-electron chi connectivity index (χ3n) is 0.408. The molecule has 0 saturated heterocycles. The lowest BCUT2D eigenvalue weighted by Gasteiger charge is -2.09. The van der Waals surface area contributed by atoms with Crippen LogP contribution in [0.2, 0.25) is 0 Å². The van der Waals surface area contributed by atoms with Crippen LogP contribution in [0.4, 0.5) is 0 Å². The summed E-state index contributed by atoms with van der Waals surface area (Å²) in [6.07, 6.45) is 0. The Bertz CT molecular complexity index is 98.7. The van der Waals surface area contributed by atoms with Gasteiger partial charge >= 0.3 is 0 Å². The fraction of sp³-hybridized carbons (Fsp3) is 0. The molecule has 0 heterocycles. The van der Waals surface area contributed by atoms with Crippen molar-refractivity contribution in [1.29, 1.82) is 5.41 Å². The van der Waals surface area contributed by atoms with Crippen LogP contribution in [0.15, 0.2) is 5.29 Å². The fourth-order valence-corrected chi connectivity index (χ4v) is 0.0979. The van der Waals surface area contributed by atoms with Gasteiger partial charge in [0.2, 0.25) is 5.96 Å². The zero-order chi connectivity index (χ0) is 6.57. The number of guanidine groups is 1. The molecule has 0 saturated carbocycles. The van der Waals surface area contributed by atoms with Crippen molar-refractivity contribution >= 4 is 5.96 Å². The Hall–Kier alpha value is -1.37. The van der Waals surface area contributed by atoms with Gasteiger partial charge in [-0.15, -0.1) is 4.91 Å². The minimum Gasteiger partial charge on any atom is -0.367 e. The van der Waals surface area contributed by atoms with Gasteiger partial charge in [-0.05, 0) is 0 Å². The summed E-state index contributed by atoms with van der Waals surface area (Å²) in [4.78, 5) is 9.28. The highest BCUT2D eigenvalue weighted by Crippen LogP contribution is 1.62. The zero-order valence-corrected chi connectivity index (χ0v) is 3.96. The van der Waals surface area contributed by atoms with E-state index in [-0.39, 0.29) is 0 Å². The highest BCUT2D eigenvalue weighted by atomic mass is 16.3. The molecule has 0 rings (SSSR count). The normalized spacial score (nSPS) is 7.62. The van der Waals surface area contributed by atoms with Crippen molar-refractivity contribution in [2.45, 2.75) is 0 Å². The minimum atomic E-state index is -0.482. The first-order valence-electron chi connectivity index (χ1n) is 1.65. The Balaban J connectivity index is 3.46. The predicted molar refractivity (Wildman–Crippen MR) is 26.9 cm³/mol. The van der Waals surface area contributed by atoms with E-state index in [1.165, 1.54) is 0 Å². The molecule has 0 aromatic heterocycles. The molecule has 0 bridgehead atoms. The first-order chi connectivity index (χ1) is 3.68. The molecule has 0 aromatic carbocycles. The second-order valence-electron chi connectivity index (χ2n) is 0.947. The number of hydrazine groups is 2. The summed E-state index contributed by atoms with van der Waals surface area (Å²) in [6.45, 7) is 0. The van der Waals surface area contributed by atoms with E-state index in [1.807, 2.05) is 0 Å². The van der Waals surface area contributed by atoms with Crippen LogP contribution in [0, 0.1) is 10.3 Å². The van der Waals surface area contributed by atoms with Crippen LogP contribution < -0.4 is 17.1 Å². The first-order valence-corrected chi connectivity index (χ1v) is 1.65. The third-order valence-corrected chi connectivity index (χ3v) is 0.408. The number of hydrogen-bond acceptors (Lipinski definition) is 4. The maximum Gasteiger partial charge on any atom is 0.224 e. The van der Waals surface area contributed by atoms with Gasteiger partial charge in [0.15, 0.2) is 0 Å². The van der Waals surface area contributed by atoms with Gasteiger partial charge in [0.25, 0.3) is 0 Å². The van der Waals surface area contributed by atoms with Gasteiger partial charge in [-0.3, -0.25) is 5.41 Å². The number of hydrogen-bond donors (Lipinski definition) is 4. The van der Waals surface area contributed by atoms with Crippen LogP contribution in [0.1, 0.15) is 0 Å². The second-order valence-corrected chi connectivity index (χ2v) is 0.947. The Morgan fingerprint density at radius 3 is 2.50 bits per heavy atom. The van der Waals surface area contributed by atoms with Gasteiger partial charge in [0, 0.05) is 0 Å². The minimum absolute atomic E-state index is 0.479. The molecule has 0 aliphatic rings. The molecule has 8 heavy (non-hydrogen) atoms. The fourth-order valence-electron chi connectivity index (χ4n) is 0.0979. The van der Waals surface area contributed by atoms with Gasteiger partial charge < -0.3 is 5.73 Å². The molecule has 6 N–H and O–H groups in total. The lowest BCUT2D eigenvalue weighted by Crippen LogP contribution is -2.48. The van der Waals surface area contributed by atoms with Crippen molar-refractivity contribution in [3.8, 4) is 0 Å². The number of rotatable bonds is 2. The maximum atomic E-state index is 9.28. The van der Waals surface area contributed by atoms with Crippen molar-refractivity contribution in [2.24, 2.45) is 16.9 Å². The largest absolute Gasteiger partial charge is 0.367 e. The van der Waals surface area contributed by atoms with Crippen LogP contribution in [0.3, 0.4) is 0 Å². The SMILES string of the molecule is N=C(N)N(N)NN=O. The molecule has 0 fully saturated rings. The van der Waals surface area contributed by atoms with Gasteiger partial charge in [-0.2, -0.15) is 10.7 Å². The summed E-state index contributed by atoms with van der Waals surface area (Å²) in [5, 5.41) is 9.14. The van der Waals surface area contributed by atoms with Crippen molar-refractivity contribution in [3.05, 3.63) is 4.91 Å². The average molecular weight is 118 g/mol. The Labute approximate surface area is 45.0 Å². The van der Waals surface area contributed by atoms with Gasteiger partial charge in [-0.25, -0.2) is 5.84 Å². The highest BCUT2D eigenvalue weighted by molar-refractivity contribution is 5.73. The smallest absolute Gasteiger partial charge is 0.224 e. The van der Waals surface area contributed by atoms with E-state index in [4.69, 9.17) is 17.0 Å². The predicted octanol–water partition coefficient (Wildman–Crippen LogP) is -1.76. The topological polar surface area (TPSA) is 121 Å². The van der Waals surface area contributed by atoms with Gasteiger partial charge in [0.1, 0.15) is 0 Å². The molecular weight excluding hydrogens is 112 g/mol. The Morgan fingerprint density at radius 2 is 2.38 bits per heavy atom. The summed E-state index contributed by atoms with van der Waals surface area (Å²) in [7, 11) is 0. The molecule has 0 aliphatic heterocycles. The second kappa shape index (κ2) is 2.75. The van der Waals surface area contributed by atoms with E-state index < -0.39 is 5.96 Å². The molecular formula is CH6N6O. The third kappa shape index (κ3) is 1.92. The monoisotopic (exact) mass is 118 g/mol. The number of nitrogens with zero attached hydrogens (tertiary/aromatic N) is 2. The molecule has 0 spiro atoms. The molecule has 0 radical (unpaired) electrons. The van der Waals surface area contributed by atoms with Crippen molar-refractivity contribution < 1.29 is 0 Å². The van der Waals surface area contributed by atoms with E-state index in [2.05, 4.69) is 5.29 Å². The summed E-state index contributed by atoms with van der Waals surface area (Å²) in [6, 6.07) is 0. The molecule has 7 heteroatoms. The lowest BCUT2D eigenvalue weighted by molar-refractivity contribution is 0.319. The van der Waals surface area contributed by atoms with Crippen LogP contribution in [-0.2, 0) is 0 Å². The Morgan fingerprint density at radius 1 is 1.88 bits per heavy atom. The summed E-state index contributed by atoms with van der Waals surface area (Å²) in [5.74, 6) is 4.32. The molecule has 0 amide bonds. The molecule has 0 aliphatic carbocycles. The van der Waals surface area contributed by atoms with Crippen molar-refractivity contribution in [2.75, 3.05) is 0 Å². The van der Waals surface area contributed by atoms with Crippen LogP contribution in [-0.4, -0.2) is 11.1 Å². The van der Waals surface area contributed by atoms with Gasteiger partial charge in [0.05, 0.1) is 5.29 Å². The molecule has 0 atom stereocenters. The van der Waals surface area contributed by atoms with Crippen LogP contribution in [0.5, 0.6) is 0 Å². The molecule has 46 valence electrons.